The third-order valence-electron chi connectivity index (χ3n) is 5.66. The summed E-state index contributed by atoms with van der Waals surface area (Å²) < 4.78 is 1.98. The lowest BCUT2D eigenvalue weighted by Crippen LogP contribution is -2.35. The molecule has 4 N–H and O–H groups in total. The number of hydrogen-bond acceptors (Lipinski definition) is 6. The summed E-state index contributed by atoms with van der Waals surface area (Å²) in [6.45, 7) is 6.30. The Hall–Kier alpha value is -1.86. The maximum Gasteiger partial charge on any atom is 0.162 e. The average molecular weight is 389 g/mol. The van der Waals surface area contributed by atoms with Crippen molar-refractivity contribution in [2.45, 2.75) is 77.3 Å². The number of rotatable bonds is 4. The summed E-state index contributed by atoms with van der Waals surface area (Å²) in [5.41, 5.74) is 8.38. The smallest absolute Gasteiger partial charge is 0.162 e. The summed E-state index contributed by atoms with van der Waals surface area (Å²) in [5, 5.41) is 15.9. The van der Waals surface area contributed by atoms with Gasteiger partial charge in [0.1, 0.15) is 11.6 Å². The second kappa shape index (κ2) is 10.1. The van der Waals surface area contributed by atoms with Crippen molar-refractivity contribution >= 4 is 17.3 Å². The number of hydrogen-bond donors (Lipinski definition) is 3. The van der Waals surface area contributed by atoms with Crippen molar-refractivity contribution in [1.82, 2.24) is 14.6 Å². The highest BCUT2D eigenvalue weighted by molar-refractivity contribution is 5.61. The second-order valence-electron chi connectivity index (χ2n) is 7.89. The molecule has 0 aromatic carbocycles. The van der Waals surface area contributed by atoms with Gasteiger partial charge in [-0.05, 0) is 58.3 Å². The Kier molecular flexibility index (Phi) is 7.50. The SMILES string of the molecule is CCO.CCc1cnn2c(NC3CCCC(N)C3)cc(N3CCCCC3)nc12. The maximum atomic E-state index is 7.57. The number of piperidine rings is 1. The van der Waals surface area contributed by atoms with Crippen molar-refractivity contribution in [3.05, 3.63) is 17.8 Å². The second-order valence-corrected chi connectivity index (χ2v) is 7.89. The summed E-state index contributed by atoms with van der Waals surface area (Å²) in [4.78, 5) is 7.38. The van der Waals surface area contributed by atoms with Crippen LogP contribution in [0.1, 0.15) is 64.4 Å². The Morgan fingerprint density at radius 1 is 1.18 bits per heavy atom. The highest BCUT2D eigenvalue weighted by atomic mass is 16.2. The number of nitrogens with two attached hydrogens (primary N) is 1. The highest BCUT2D eigenvalue weighted by Crippen LogP contribution is 2.27. The van der Waals surface area contributed by atoms with Gasteiger partial charge >= 0.3 is 0 Å². The molecule has 1 saturated heterocycles. The van der Waals surface area contributed by atoms with E-state index < -0.39 is 0 Å². The van der Waals surface area contributed by atoms with E-state index >= 15 is 0 Å². The average Bonchev–Trinajstić information content (AvgIpc) is 3.13. The zero-order valence-corrected chi connectivity index (χ0v) is 17.4. The van der Waals surface area contributed by atoms with Gasteiger partial charge in [0.25, 0.3) is 0 Å². The Morgan fingerprint density at radius 2 is 1.93 bits per heavy atom. The molecule has 0 amide bonds. The molecule has 2 aromatic heterocycles. The molecule has 156 valence electrons. The van der Waals surface area contributed by atoms with Crippen LogP contribution in [0, 0.1) is 0 Å². The van der Waals surface area contributed by atoms with Crippen LogP contribution >= 0.6 is 0 Å². The first kappa shape index (κ1) is 20.9. The number of aliphatic hydroxyl groups is 1. The molecule has 0 spiro atoms. The molecule has 2 aromatic rings. The molecule has 1 aliphatic heterocycles. The fraction of sp³-hybridized carbons (Fsp3) is 0.714. The van der Waals surface area contributed by atoms with Crippen LogP contribution in [0.15, 0.2) is 12.3 Å². The normalized spacial score (nSPS) is 22.6. The van der Waals surface area contributed by atoms with Gasteiger partial charge in [-0.15, -0.1) is 0 Å². The van der Waals surface area contributed by atoms with E-state index in [-0.39, 0.29) is 6.61 Å². The van der Waals surface area contributed by atoms with E-state index in [0.717, 1.165) is 49.6 Å². The number of fused-ring (bicyclic) bond motifs is 1. The summed E-state index contributed by atoms with van der Waals surface area (Å²) in [6, 6.07) is 2.93. The van der Waals surface area contributed by atoms with Gasteiger partial charge in [0, 0.05) is 43.4 Å². The van der Waals surface area contributed by atoms with E-state index in [1.807, 2.05) is 10.7 Å². The molecule has 0 bridgehead atoms. The first-order valence-electron chi connectivity index (χ1n) is 10.9. The minimum absolute atomic E-state index is 0.250. The van der Waals surface area contributed by atoms with Crippen LogP contribution in [0.5, 0.6) is 0 Å². The standard InChI is InChI=1S/C19H30N6.C2H6O/c1-2-14-13-21-25-18(22-16-8-6-7-15(20)11-16)12-17(23-19(14)25)24-9-4-3-5-10-24;1-2-3/h12-13,15-16,22H,2-11,20H2,1H3;3H,2H2,1H3. The van der Waals surface area contributed by atoms with Crippen LogP contribution < -0.4 is 16.0 Å². The largest absolute Gasteiger partial charge is 0.397 e. The molecule has 2 unspecified atom stereocenters. The summed E-state index contributed by atoms with van der Waals surface area (Å²) in [6.07, 6.45) is 11.3. The zero-order chi connectivity index (χ0) is 19.9. The lowest BCUT2D eigenvalue weighted by atomic mass is 9.92. The number of anilines is 2. The molecule has 2 fully saturated rings. The number of nitrogens with one attached hydrogen (secondary N) is 1. The van der Waals surface area contributed by atoms with Gasteiger partial charge in [0.2, 0.25) is 0 Å². The Labute approximate surface area is 168 Å². The number of nitrogens with zero attached hydrogens (tertiary/aromatic N) is 4. The zero-order valence-electron chi connectivity index (χ0n) is 17.4. The predicted molar refractivity (Wildman–Crippen MR) is 115 cm³/mol. The van der Waals surface area contributed by atoms with Gasteiger partial charge in [-0.3, -0.25) is 0 Å². The molecule has 0 radical (unpaired) electrons. The van der Waals surface area contributed by atoms with Gasteiger partial charge < -0.3 is 21.1 Å². The summed E-state index contributed by atoms with van der Waals surface area (Å²) >= 11 is 0. The van der Waals surface area contributed by atoms with Crippen LogP contribution in [0.25, 0.3) is 5.65 Å². The van der Waals surface area contributed by atoms with Crippen LogP contribution in [-0.4, -0.2) is 51.5 Å². The van der Waals surface area contributed by atoms with Crippen molar-refractivity contribution in [3.8, 4) is 0 Å². The minimum Gasteiger partial charge on any atom is -0.397 e. The van der Waals surface area contributed by atoms with Gasteiger partial charge in [0.05, 0.1) is 6.20 Å². The molecule has 7 heteroatoms. The monoisotopic (exact) mass is 388 g/mol. The van der Waals surface area contributed by atoms with Crippen LogP contribution in [0.4, 0.5) is 11.6 Å². The van der Waals surface area contributed by atoms with E-state index in [4.69, 9.17) is 15.8 Å². The van der Waals surface area contributed by atoms with Gasteiger partial charge in [0.15, 0.2) is 5.65 Å². The van der Waals surface area contributed by atoms with Crippen molar-refractivity contribution < 1.29 is 5.11 Å². The van der Waals surface area contributed by atoms with E-state index in [0.29, 0.717) is 12.1 Å². The fourth-order valence-corrected chi connectivity index (χ4v) is 4.20. The predicted octanol–water partition coefficient (Wildman–Crippen LogP) is 2.96. The van der Waals surface area contributed by atoms with Gasteiger partial charge in [-0.1, -0.05) is 6.92 Å². The molecule has 3 heterocycles. The molecular weight excluding hydrogens is 352 g/mol. The third-order valence-corrected chi connectivity index (χ3v) is 5.66. The minimum atomic E-state index is 0.250. The first-order chi connectivity index (χ1) is 13.7. The maximum absolute atomic E-state index is 7.57. The Bertz CT molecular complexity index is 740. The molecule has 1 aliphatic carbocycles. The lowest BCUT2D eigenvalue weighted by molar-refractivity contribution is 0.318. The first-order valence-corrected chi connectivity index (χ1v) is 10.9. The number of aliphatic hydroxyl groups excluding tert-OH is 1. The van der Waals surface area contributed by atoms with E-state index in [9.17, 15) is 0 Å². The van der Waals surface area contributed by atoms with E-state index in [1.165, 1.54) is 37.7 Å². The number of aryl methyl sites for hydroxylation is 1. The lowest BCUT2D eigenvalue weighted by Gasteiger charge is -2.30. The molecule has 1 saturated carbocycles. The van der Waals surface area contributed by atoms with E-state index in [1.54, 1.807) is 6.92 Å². The van der Waals surface area contributed by atoms with Gasteiger partial charge in [-0.2, -0.15) is 9.61 Å². The van der Waals surface area contributed by atoms with Gasteiger partial charge in [-0.25, -0.2) is 4.98 Å². The topological polar surface area (TPSA) is 91.7 Å². The molecular formula is C21H36N6O. The third kappa shape index (κ3) is 4.94. The highest BCUT2D eigenvalue weighted by Gasteiger charge is 2.22. The molecule has 7 nitrogen and oxygen atoms in total. The Balaban J connectivity index is 0.000000706. The fourth-order valence-electron chi connectivity index (χ4n) is 4.20. The number of aromatic nitrogens is 3. The summed E-state index contributed by atoms with van der Waals surface area (Å²) in [5.74, 6) is 2.15. The quantitative estimate of drug-likeness (QED) is 0.746. The molecule has 2 aliphatic rings. The van der Waals surface area contributed by atoms with Crippen LogP contribution in [-0.2, 0) is 6.42 Å². The Morgan fingerprint density at radius 3 is 2.61 bits per heavy atom. The van der Waals surface area contributed by atoms with E-state index in [2.05, 4.69) is 28.3 Å². The molecule has 28 heavy (non-hydrogen) atoms. The molecule has 4 rings (SSSR count). The van der Waals surface area contributed by atoms with Crippen molar-refractivity contribution in [3.63, 3.8) is 0 Å². The van der Waals surface area contributed by atoms with Crippen molar-refractivity contribution in [2.75, 3.05) is 29.9 Å². The van der Waals surface area contributed by atoms with Crippen LogP contribution in [0.3, 0.4) is 0 Å². The van der Waals surface area contributed by atoms with Crippen molar-refractivity contribution in [1.29, 1.82) is 0 Å². The summed E-state index contributed by atoms with van der Waals surface area (Å²) in [7, 11) is 0. The van der Waals surface area contributed by atoms with Crippen LogP contribution in [0.2, 0.25) is 0 Å². The molecule has 2 atom stereocenters. The van der Waals surface area contributed by atoms with Crippen molar-refractivity contribution in [2.24, 2.45) is 5.73 Å².